The van der Waals surface area contributed by atoms with Crippen molar-refractivity contribution in [1.29, 1.82) is 0 Å². The number of ether oxygens (including phenoxy) is 2. The van der Waals surface area contributed by atoms with Crippen molar-refractivity contribution in [2.75, 3.05) is 26.8 Å². The van der Waals surface area contributed by atoms with Crippen LogP contribution in [0, 0.1) is 5.92 Å². The lowest BCUT2D eigenvalue weighted by Gasteiger charge is -2.36. The van der Waals surface area contributed by atoms with Gasteiger partial charge in [0.05, 0.1) is 30.6 Å². The molecule has 8 nitrogen and oxygen atoms in total. The molecule has 29 heavy (non-hydrogen) atoms. The third-order valence-electron chi connectivity index (χ3n) is 5.33. The molecule has 2 aromatic heterocycles. The van der Waals surface area contributed by atoms with E-state index in [4.69, 9.17) is 9.47 Å². The van der Waals surface area contributed by atoms with Gasteiger partial charge in [0.1, 0.15) is 12.1 Å². The summed E-state index contributed by atoms with van der Waals surface area (Å²) in [5, 5.41) is 14.9. The second-order valence-corrected chi connectivity index (χ2v) is 7.99. The van der Waals surface area contributed by atoms with Crippen LogP contribution in [0.3, 0.4) is 0 Å². The van der Waals surface area contributed by atoms with E-state index in [0.717, 1.165) is 42.1 Å². The summed E-state index contributed by atoms with van der Waals surface area (Å²) in [6.07, 6.45) is 2.89. The topological polar surface area (TPSA) is 89.2 Å². The molecule has 0 spiro atoms. The van der Waals surface area contributed by atoms with E-state index in [0.29, 0.717) is 11.6 Å². The number of nitrogens with zero attached hydrogens (tertiary/aromatic N) is 4. The van der Waals surface area contributed by atoms with Gasteiger partial charge in [0, 0.05) is 0 Å². The smallest absolute Gasteiger partial charge is 0.309 e. The van der Waals surface area contributed by atoms with E-state index in [1.807, 2.05) is 31.2 Å². The van der Waals surface area contributed by atoms with Crippen LogP contribution in [-0.4, -0.2) is 57.4 Å². The lowest BCUT2D eigenvalue weighted by atomic mass is 9.93. The van der Waals surface area contributed by atoms with Crippen LogP contribution < -0.4 is 4.74 Å². The molecule has 0 saturated carbocycles. The maximum atomic E-state index is 12.1. The van der Waals surface area contributed by atoms with Crippen LogP contribution >= 0.6 is 11.3 Å². The van der Waals surface area contributed by atoms with Gasteiger partial charge >= 0.3 is 5.97 Å². The van der Waals surface area contributed by atoms with Crippen molar-refractivity contribution >= 4 is 22.3 Å². The highest BCUT2D eigenvalue weighted by atomic mass is 32.1. The summed E-state index contributed by atoms with van der Waals surface area (Å²) >= 11 is 1.43. The van der Waals surface area contributed by atoms with E-state index in [9.17, 15) is 9.90 Å². The van der Waals surface area contributed by atoms with E-state index in [2.05, 4.69) is 15.0 Å². The van der Waals surface area contributed by atoms with Gasteiger partial charge in [0.25, 0.3) is 0 Å². The molecule has 1 unspecified atom stereocenters. The molecule has 9 heteroatoms. The van der Waals surface area contributed by atoms with Gasteiger partial charge in [0.15, 0.2) is 0 Å². The Kier molecular flexibility index (Phi) is 5.68. The number of benzene rings is 1. The maximum absolute atomic E-state index is 12.1. The molecule has 1 saturated heterocycles. The fourth-order valence-corrected chi connectivity index (χ4v) is 4.93. The lowest BCUT2D eigenvalue weighted by molar-refractivity contribution is -0.149. The van der Waals surface area contributed by atoms with Crippen LogP contribution in [0.15, 0.2) is 30.6 Å². The van der Waals surface area contributed by atoms with Crippen LogP contribution in [0.1, 0.15) is 36.2 Å². The molecule has 0 amide bonds. The van der Waals surface area contributed by atoms with Crippen molar-refractivity contribution in [2.24, 2.45) is 5.92 Å². The molecule has 1 aliphatic heterocycles. The van der Waals surface area contributed by atoms with Gasteiger partial charge in [-0.25, -0.2) is 4.98 Å². The first-order valence-corrected chi connectivity index (χ1v) is 10.5. The zero-order valence-corrected chi connectivity index (χ0v) is 17.3. The first-order valence-electron chi connectivity index (χ1n) is 9.68. The van der Waals surface area contributed by atoms with Crippen molar-refractivity contribution < 1.29 is 19.4 Å². The Labute approximate surface area is 172 Å². The van der Waals surface area contributed by atoms with Gasteiger partial charge in [-0.1, -0.05) is 23.5 Å². The number of aromatic hydroxyl groups is 1. The lowest BCUT2D eigenvalue weighted by Crippen LogP contribution is -2.39. The van der Waals surface area contributed by atoms with E-state index in [1.54, 1.807) is 7.11 Å². The second kappa shape index (κ2) is 8.38. The number of hydrogen-bond donors (Lipinski definition) is 1. The van der Waals surface area contributed by atoms with Gasteiger partial charge in [0.2, 0.25) is 10.8 Å². The molecule has 154 valence electrons. The summed E-state index contributed by atoms with van der Waals surface area (Å²) in [5.74, 6) is 0.699. The number of rotatable bonds is 6. The number of thiazole rings is 1. The molecule has 1 N–H and O–H groups in total. The van der Waals surface area contributed by atoms with Crippen molar-refractivity contribution in [1.82, 2.24) is 19.5 Å². The van der Waals surface area contributed by atoms with Crippen molar-refractivity contribution in [3.05, 3.63) is 41.0 Å². The molecule has 0 bridgehead atoms. The molecule has 3 heterocycles. The fourth-order valence-electron chi connectivity index (χ4n) is 3.84. The van der Waals surface area contributed by atoms with Gasteiger partial charge in [-0.05, 0) is 50.6 Å². The van der Waals surface area contributed by atoms with Gasteiger partial charge in [-0.2, -0.15) is 9.61 Å². The Bertz CT molecular complexity index is 976. The zero-order chi connectivity index (χ0) is 20.4. The first-order chi connectivity index (χ1) is 14.1. The highest BCUT2D eigenvalue weighted by Crippen LogP contribution is 2.41. The van der Waals surface area contributed by atoms with E-state index < -0.39 is 0 Å². The molecule has 0 aliphatic carbocycles. The molecule has 3 aromatic rings. The number of fused-ring (bicyclic) bond motifs is 1. The van der Waals surface area contributed by atoms with E-state index in [1.165, 1.54) is 22.2 Å². The highest BCUT2D eigenvalue weighted by Gasteiger charge is 2.34. The van der Waals surface area contributed by atoms with Crippen LogP contribution in [0.5, 0.6) is 11.6 Å². The Morgan fingerprint density at radius 1 is 1.31 bits per heavy atom. The monoisotopic (exact) mass is 416 g/mol. The largest absolute Gasteiger partial charge is 0.497 e. The highest BCUT2D eigenvalue weighted by molar-refractivity contribution is 7.17. The van der Waals surface area contributed by atoms with Gasteiger partial charge in [-0.3, -0.25) is 9.69 Å². The third-order valence-corrected chi connectivity index (χ3v) is 6.42. The maximum Gasteiger partial charge on any atom is 0.309 e. The van der Waals surface area contributed by atoms with E-state index >= 15 is 0 Å². The normalized spacial score (nSPS) is 16.8. The van der Waals surface area contributed by atoms with Crippen molar-refractivity contribution in [3.8, 4) is 11.6 Å². The molecule has 0 radical (unpaired) electrons. The Morgan fingerprint density at radius 3 is 2.66 bits per heavy atom. The average Bonchev–Trinajstić information content (AvgIpc) is 3.33. The minimum atomic E-state index is -0.155. The summed E-state index contributed by atoms with van der Waals surface area (Å²) < 4.78 is 11.9. The van der Waals surface area contributed by atoms with Crippen LogP contribution in [0.25, 0.3) is 4.96 Å². The number of aromatic nitrogens is 3. The molecule has 1 atom stereocenters. The Morgan fingerprint density at radius 2 is 2.03 bits per heavy atom. The molecular formula is C20H24N4O4S. The quantitative estimate of drug-likeness (QED) is 0.618. The van der Waals surface area contributed by atoms with Crippen molar-refractivity contribution in [2.45, 2.75) is 25.8 Å². The van der Waals surface area contributed by atoms with Gasteiger partial charge < -0.3 is 14.6 Å². The van der Waals surface area contributed by atoms with E-state index in [-0.39, 0.29) is 23.8 Å². The molecule has 4 rings (SSSR count). The fraction of sp³-hybridized carbons (Fsp3) is 0.450. The number of carbonyl (C=O) groups excluding carboxylic acids is 1. The first kappa shape index (κ1) is 19.7. The summed E-state index contributed by atoms with van der Waals surface area (Å²) in [4.78, 5) is 20.1. The number of carbonyl (C=O) groups is 1. The summed E-state index contributed by atoms with van der Waals surface area (Å²) in [6.45, 7) is 3.70. The summed E-state index contributed by atoms with van der Waals surface area (Å²) in [6, 6.07) is 7.70. The van der Waals surface area contributed by atoms with Crippen molar-refractivity contribution in [3.63, 3.8) is 0 Å². The number of methoxy groups -OCH3 is 1. The number of likely N-dealkylation sites (tertiary alicyclic amines) is 1. The number of esters is 1. The minimum absolute atomic E-state index is 0.0707. The molecular weight excluding hydrogens is 392 g/mol. The minimum Gasteiger partial charge on any atom is -0.497 e. The zero-order valence-electron chi connectivity index (χ0n) is 16.4. The van der Waals surface area contributed by atoms with Crippen LogP contribution in [0.2, 0.25) is 0 Å². The van der Waals surface area contributed by atoms with Crippen LogP contribution in [-0.2, 0) is 9.53 Å². The molecule has 1 aliphatic rings. The standard InChI is InChI=1S/C20H24N4O4S/c1-3-28-19(26)14-8-10-23(11-9-14)16(13-4-6-15(27-2)7-5-13)17-18(25)24-20(29-17)21-12-22-24/h4-7,12,14,16,25H,3,8-11H2,1-2H3. The molecule has 1 aromatic carbocycles. The predicted molar refractivity (Wildman–Crippen MR) is 108 cm³/mol. The summed E-state index contributed by atoms with van der Waals surface area (Å²) in [7, 11) is 1.64. The van der Waals surface area contributed by atoms with Gasteiger partial charge in [-0.15, -0.1) is 0 Å². The predicted octanol–water partition coefficient (Wildman–Crippen LogP) is 2.87. The summed E-state index contributed by atoms with van der Waals surface area (Å²) in [5.41, 5.74) is 1.04. The number of hydrogen-bond acceptors (Lipinski definition) is 8. The second-order valence-electron chi connectivity index (χ2n) is 6.98. The third kappa shape index (κ3) is 3.79. The SMILES string of the molecule is CCOC(=O)C1CCN(C(c2ccc(OC)cc2)c2sc3ncnn3c2O)CC1. The molecule has 1 fully saturated rings. The van der Waals surface area contributed by atoms with Crippen LogP contribution in [0.4, 0.5) is 0 Å². The number of piperidine rings is 1. The Hall–Kier alpha value is -2.65. The average molecular weight is 417 g/mol. The Balaban J connectivity index is 1.64.